The Hall–Kier alpha value is -1.02. The first-order valence-electron chi connectivity index (χ1n) is 7.07. The van der Waals surface area contributed by atoms with Crippen LogP contribution >= 0.6 is 11.6 Å². The predicted octanol–water partition coefficient (Wildman–Crippen LogP) is 3.92. The number of halogens is 1. The molecule has 0 aliphatic heterocycles. The van der Waals surface area contributed by atoms with Crippen molar-refractivity contribution in [2.75, 3.05) is 6.54 Å². The molecule has 0 bridgehead atoms. The van der Waals surface area contributed by atoms with E-state index in [1.54, 1.807) is 0 Å². The van der Waals surface area contributed by atoms with Gasteiger partial charge in [-0.3, -0.25) is 4.79 Å². The monoisotopic (exact) mass is 279 g/mol. The van der Waals surface area contributed by atoms with E-state index in [1.807, 2.05) is 26.0 Å². The van der Waals surface area contributed by atoms with E-state index in [2.05, 4.69) is 17.4 Å². The summed E-state index contributed by atoms with van der Waals surface area (Å²) < 4.78 is 0. The highest BCUT2D eigenvalue weighted by Crippen LogP contribution is 2.40. The number of carbonyl (C=O) groups excluding carboxylic acids is 1. The molecule has 0 radical (unpaired) electrons. The van der Waals surface area contributed by atoms with Crippen molar-refractivity contribution < 1.29 is 4.79 Å². The van der Waals surface area contributed by atoms with Gasteiger partial charge < -0.3 is 5.32 Å². The third-order valence-electron chi connectivity index (χ3n) is 4.14. The molecular formula is C16H22ClNO. The Morgan fingerprint density at radius 1 is 1.26 bits per heavy atom. The summed E-state index contributed by atoms with van der Waals surface area (Å²) in [4.78, 5) is 11.8. The van der Waals surface area contributed by atoms with Gasteiger partial charge in [0.05, 0.1) is 0 Å². The van der Waals surface area contributed by atoms with E-state index in [0.29, 0.717) is 0 Å². The molecule has 1 aromatic rings. The lowest BCUT2D eigenvalue weighted by Gasteiger charge is -2.30. The van der Waals surface area contributed by atoms with Crippen LogP contribution in [0.5, 0.6) is 0 Å². The van der Waals surface area contributed by atoms with Crippen molar-refractivity contribution in [2.45, 2.75) is 44.9 Å². The van der Waals surface area contributed by atoms with Gasteiger partial charge in [0.2, 0.25) is 5.91 Å². The van der Waals surface area contributed by atoms with Gasteiger partial charge in [-0.05, 0) is 30.5 Å². The van der Waals surface area contributed by atoms with Crippen molar-refractivity contribution in [3.63, 3.8) is 0 Å². The maximum absolute atomic E-state index is 11.8. The molecule has 1 amide bonds. The molecule has 1 aliphatic carbocycles. The van der Waals surface area contributed by atoms with Crippen LogP contribution in [0, 0.1) is 5.92 Å². The van der Waals surface area contributed by atoms with E-state index in [-0.39, 0.29) is 17.2 Å². The Morgan fingerprint density at radius 2 is 1.84 bits per heavy atom. The van der Waals surface area contributed by atoms with Crippen molar-refractivity contribution >= 4 is 17.5 Å². The molecule has 0 spiro atoms. The summed E-state index contributed by atoms with van der Waals surface area (Å²) in [7, 11) is 0. The smallest absolute Gasteiger partial charge is 0.222 e. The van der Waals surface area contributed by atoms with Gasteiger partial charge in [0, 0.05) is 22.9 Å². The third-order valence-corrected chi connectivity index (χ3v) is 4.39. The van der Waals surface area contributed by atoms with E-state index in [4.69, 9.17) is 11.6 Å². The molecular weight excluding hydrogens is 258 g/mol. The van der Waals surface area contributed by atoms with E-state index < -0.39 is 0 Å². The molecule has 104 valence electrons. The first-order chi connectivity index (χ1) is 9.03. The fourth-order valence-corrected chi connectivity index (χ4v) is 3.01. The standard InChI is InChI=1S/C16H22ClNO/c1-12(2)15(19)18-11-16(9-3-4-10-16)13-5-7-14(17)8-6-13/h5-8,12H,3-4,9-11H2,1-2H3,(H,18,19). The number of rotatable bonds is 4. The van der Waals surface area contributed by atoms with Crippen LogP contribution in [0.3, 0.4) is 0 Å². The fourth-order valence-electron chi connectivity index (χ4n) is 2.88. The highest BCUT2D eigenvalue weighted by Gasteiger charge is 2.35. The van der Waals surface area contributed by atoms with Gasteiger partial charge in [0.1, 0.15) is 0 Å². The topological polar surface area (TPSA) is 29.1 Å². The van der Waals surface area contributed by atoms with Crippen molar-refractivity contribution in [1.29, 1.82) is 0 Å². The molecule has 1 fully saturated rings. The Balaban J connectivity index is 2.14. The van der Waals surface area contributed by atoms with Crippen LogP contribution in [0.1, 0.15) is 45.1 Å². The number of amides is 1. The maximum atomic E-state index is 11.8. The van der Waals surface area contributed by atoms with Gasteiger partial charge in [-0.1, -0.05) is 50.4 Å². The number of benzene rings is 1. The minimum absolute atomic E-state index is 0.0451. The van der Waals surface area contributed by atoms with Gasteiger partial charge in [-0.15, -0.1) is 0 Å². The van der Waals surface area contributed by atoms with Crippen molar-refractivity contribution in [1.82, 2.24) is 5.32 Å². The molecule has 0 atom stereocenters. The molecule has 0 saturated heterocycles. The molecule has 1 aliphatic rings. The summed E-state index contributed by atoms with van der Waals surface area (Å²) in [6.45, 7) is 4.60. The molecule has 19 heavy (non-hydrogen) atoms. The van der Waals surface area contributed by atoms with Gasteiger partial charge in [-0.25, -0.2) is 0 Å². The molecule has 2 rings (SSSR count). The first kappa shape index (κ1) is 14.4. The Morgan fingerprint density at radius 3 is 2.37 bits per heavy atom. The second-order valence-electron chi connectivity index (χ2n) is 5.87. The van der Waals surface area contributed by atoms with Gasteiger partial charge in [-0.2, -0.15) is 0 Å². The summed E-state index contributed by atoms with van der Waals surface area (Å²) >= 11 is 5.96. The number of carbonyl (C=O) groups is 1. The van der Waals surface area contributed by atoms with Crippen LogP contribution in [-0.2, 0) is 10.2 Å². The normalized spacial score (nSPS) is 17.7. The molecule has 0 aromatic heterocycles. The summed E-state index contributed by atoms with van der Waals surface area (Å²) in [6, 6.07) is 8.10. The molecule has 1 aromatic carbocycles. The first-order valence-corrected chi connectivity index (χ1v) is 7.45. The molecule has 2 nitrogen and oxygen atoms in total. The highest BCUT2D eigenvalue weighted by molar-refractivity contribution is 6.30. The van der Waals surface area contributed by atoms with Crippen LogP contribution in [0.15, 0.2) is 24.3 Å². The van der Waals surface area contributed by atoms with E-state index >= 15 is 0 Å². The Kier molecular flexibility index (Phi) is 4.51. The van der Waals surface area contributed by atoms with Crippen LogP contribution in [0.4, 0.5) is 0 Å². The molecule has 0 heterocycles. The molecule has 0 unspecified atom stereocenters. The van der Waals surface area contributed by atoms with E-state index in [1.165, 1.54) is 18.4 Å². The SMILES string of the molecule is CC(C)C(=O)NCC1(c2ccc(Cl)cc2)CCCC1. The number of nitrogens with one attached hydrogen (secondary N) is 1. The lowest BCUT2D eigenvalue weighted by molar-refractivity contribution is -0.124. The van der Waals surface area contributed by atoms with Crippen molar-refractivity contribution in [3.8, 4) is 0 Å². The quantitative estimate of drug-likeness (QED) is 0.889. The van der Waals surface area contributed by atoms with Crippen molar-refractivity contribution in [3.05, 3.63) is 34.9 Å². The fraction of sp³-hybridized carbons (Fsp3) is 0.562. The zero-order chi connectivity index (χ0) is 13.9. The minimum Gasteiger partial charge on any atom is -0.355 e. The highest BCUT2D eigenvalue weighted by atomic mass is 35.5. The second kappa shape index (κ2) is 5.96. The van der Waals surface area contributed by atoms with Crippen LogP contribution < -0.4 is 5.32 Å². The summed E-state index contributed by atoms with van der Waals surface area (Å²) in [5.74, 6) is 0.184. The van der Waals surface area contributed by atoms with Gasteiger partial charge in [0.15, 0.2) is 0 Å². The predicted molar refractivity (Wildman–Crippen MR) is 79.4 cm³/mol. The number of hydrogen-bond acceptors (Lipinski definition) is 1. The minimum atomic E-state index is 0.0451. The third kappa shape index (κ3) is 3.30. The lowest BCUT2D eigenvalue weighted by Crippen LogP contribution is -2.40. The lowest BCUT2D eigenvalue weighted by atomic mass is 9.78. The number of hydrogen-bond donors (Lipinski definition) is 1. The summed E-state index contributed by atoms with van der Waals surface area (Å²) in [5.41, 5.74) is 1.41. The molecule has 1 saturated carbocycles. The Bertz CT molecular complexity index is 433. The molecule has 1 N–H and O–H groups in total. The second-order valence-corrected chi connectivity index (χ2v) is 6.30. The van der Waals surface area contributed by atoms with Crippen LogP contribution in [0.25, 0.3) is 0 Å². The summed E-state index contributed by atoms with van der Waals surface area (Å²) in [5, 5.41) is 3.87. The van der Waals surface area contributed by atoms with Gasteiger partial charge in [0.25, 0.3) is 0 Å². The van der Waals surface area contributed by atoms with E-state index in [9.17, 15) is 4.79 Å². The van der Waals surface area contributed by atoms with Crippen LogP contribution in [0.2, 0.25) is 5.02 Å². The zero-order valence-corrected chi connectivity index (χ0v) is 12.5. The largest absolute Gasteiger partial charge is 0.355 e. The zero-order valence-electron chi connectivity index (χ0n) is 11.7. The average molecular weight is 280 g/mol. The average Bonchev–Trinajstić information content (AvgIpc) is 2.86. The van der Waals surface area contributed by atoms with Gasteiger partial charge >= 0.3 is 0 Å². The summed E-state index contributed by atoms with van der Waals surface area (Å²) in [6.07, 6.45) is 4.76. The van der Waals surface area contributed by atoms with Crippen LogP contribution in [-0.4, -0.2) is 12.5 Å². The molecule has 3 heteroatoms. The maximum Gasteiger partial charge on any atom is 0.222 e. The van der Waals surface area contributed by atoms with E-state index in [0.717, 1.165) is 24.4 Å². The van der Waals surface area contributed by atoms with Crippen molar-refractivity contribution in [2.24, 2.45) is 5.92 Å². The Labute approximate surface area is 120 Å².